The van der Waals surface area contributed by atoms with E-state index < -0.39 is 24.4 Å². The van der Waals surface area contributed by atoms with Crippen LogP contribution in [0.2, 0.25) is 0 Å². The molecule has 1 unspecified atom stereocenters. The normalized spacial score (nSPS) is 24.5. The van der Waals surface area contributed by atoms with Crippen molar-refractivity contribution in [2.45, 2.75) is 74.5 Å². The van der Waals surface area contributed by atoms with E-state index in [2.05, 4.69) is 22.2 Å². The summed E-state index contributed by atoms with van der Waals surface area (Å²) < 4.78 is 45.8. The molecular weight excluding hydrogens is 479 g/mol. The van der Waals surface area contributed by atoms with E-state index in [1.807, 2.05) is 5.32 Å². The zero-order valence-corrected chi connectivity index (χ0v) is 20.5. The largest absolute Gasteiger partial charge is 0.393 e. The summed E-state index contributed by atoms with van der Waals surface area (Å²) >= 11 is 1.56. The van der Waals surface area contributed by atoms with Crippen LogP contribution in [-0.4, -0.2) is 58.4 Å². The summed E-state index contributed by atoms with van der Waals surface area (Å²) in [7, 11) is 0. The van der Waals surface area contributed by atoms with Gasteiger partial charge in [0.05, 0.1) is 25.4 Å². The van der Waals surface area contributed by atoms with Gasteiger partial charge in [-0.1, -0.05) is 24.8 Å². The van der Waals surface area contributed by atoms with Gasteiger partial charge in [-0.25, -0.2) is 18.2 Å². The van der Waals surface area contributed by atoms with Crippen LogP contribution in [-0.2, 0) is 4.74 Å². The van der Waals surface area contributed by atoms with Crippen molar-refractivity contribution in [1.82, 2.24) is 9.97 Å². The number of anilines is 2. The van der Waals surface area contributed by atoms with Crippen molar-refractivity contribution in [3.05, 3.63) is 35.4 Å². The predicted molar refractivity (Wildman–Crippen MR) is 130 cm³/mol. The number of aliphatic hydroxyl groups is 1. The zero-order chi connectivity index (χ0) is 24.9. The van der Waals surface area contributed by atoms with Crippen LogP contribution in [0.3, 0.4) is 0 Å². The highest BCUT2D eigenvalue weighted by Crippen LogP contribution is 2.44. The Bertz CT molecular complexity index is 1020. The first-order chi connectivity index (χ1) is 16.9. The lowest BCUT2D eigenvalue weighted by molar-refractivity contribution is -0.612. The fraction of sp³-hybridized carbons (Fsp3) is 0.583. The van der Waals surface area contributed by atoms with Gasteiger partial charge in [0.15, 0.2) is 28.3 Å². The van der Waals surface area contributed by atoms with Crippen molar-refractivity contribution in [2.24, 2.45) is 0 Å². The van der Waals surface area contributed by atoms with E-state index in [9.17, 15) is 13.2 Å². The first-order valence-corrected chi connectivity index (χ1v) is 13.1. The number of halogens is 3. The van der Waals surface area contributed by atoms with Gasteiger partial charge < -0.3 is 20.9 Å². The summed E-state index contributed by atoms with van der Waals surface area (Å²) in [5, 5.41) is 14.9. The topological polar surface area (TPSA) is 110 Å². The quantitative estimate of drug-likeness (QED) is 0.255. The second kappa shape index (κ2) is 11.8. The van der Waals surface area contributed by atoms with E-state index in [1.165, 1.54) is 6.07 Å². The smallest absolute Gasteiger partial charge is 0.254 e. The minimum absolute atomic E-state index is 0.0263. The molecule has 11 heteroatoms. The van der Waals surface area contributed by atoms with Crippen LogP contribution in [0.15, 0.2) is 23.4 Å². The molecule has 0 spiro atoms. The van der Waals surface area contributed by atoms with E-state index in [0.717, 1.165) is 49.5 Å². The minimum Gasteiger partial charge on any atom is -0.393 e. The molecule has 35 heavy (non-hydrogen) atoms. The van der Waals surface area contributed by atoms with E-state index in [4.69, 9.17) is 15.6 Å². The lowest BCUT2D eigenvalue weighted by Gasteiger charge is -2.15. The van der Waals surface area contributed by atoms with Crippen LogP contribution in [0.4, 0.5) is 30.5 Å². The van der Waals surface area contributed by atoms with Gasteiger partial charge in [0, 0.05) is 30.6 Å². The lowest BCUT2D eigenvalue weighted by Crippen LogP contribution is -2.84. The van der Waals surface area contributed by atoms with Crippen molar-refractivity contribution >= 4 is 29.1 Å². The Morgan fingerprint density at radius 3 is 2.83 bits per heavy atom. The minimum atomic E-state index is -1.36. The van der Waals surface area contributed by atoms with Crippen molar-refractivity contribution in [3.63, 3.8) is 0 Å². The summed E-state index contributed by atoms with van der Waals surface area (Å²) in [5.74, 6) is 0.448. The van der Waals surface area contributed by atoms with Crippen LogP contribution in [0.5, 0.6) is 0 Å². The summed E-state index contributed by atoms with van der Waals surface area (Å²) in [6.45, 7) is 1.45. The van der Waals surface area contributed by atoms with Gasteiger partial charge in [-0.15, -0.1) is 0 Å². The summed E-state index contributed by atoms with van der Waals surface area (Å²) in [5.41, 5.74) is 7.67. The number of benzene rings is 1. The zero-order valence-electron chi connectivity index (χ0n) is 19.7. The number of alkyl halides is 1. The van der Waals surface area contributed by atoms with Crippen LogP contribution in [0.1, 0.15) is 50.5 Å². The molecule has 0 bridgehead atoms. The van der Waals surface area contributed by atoms with Gasteiger partial charge in [-0.2, -0.15) is 4.98 Å². The molecule has 192 valence electrons. The second-order valence-electron chi connectivity index (χ2n) is 9.24. The van der Waals surface area contributed by atoms with Crippen LogP contribution >= 0.6 is 11.8 Å². The maximum absolute atomic E-state index is 13.7. The Hall–Kier alpha value is -2.08. The number of hydrogen-bond acceptors (Lipinski definition) is 7. The van der Waals surface area contributed by atoms with Crippen molar-refractivity contribution in [2.75, 3.05) is 30.0 Å². The number of hydrogen-bond donors (Lipinski definition) is 4. The van der Waals surface area contributed by atoms with Gasteiger partial charge in [-0.3, -0.25) is 5.32 Å². The third-order valence-corrected chi connectivity index (χ3v) is 7.46. The maximum Gasteiger partial charge on any atom is 0.254 e. The van der Waals surface area contributed by atoms with Gasteiger partial charge in [0.1, 0.15) is 6.17 Å². The molecule has 0 radical (unpaired) electrons. The highest BCUT2D eigenvalue weighted by Gasteiger charge is 2.40. The average molecular weight is 513 g/mol. The number of nitrogens with one attached hydrogen (secondary N) is 1. The molecule has 4 rings (SSSR count). The fourth-order valence-electron chi connectivity index (χ4n) is 4.39. The molecule has 2 aliphatic carbocycles. The third kappa shape index (κ3) is 6.78. The summed E-state index contributed by atoms with van der Waals surface area (Å²) in [6.07, 6.45) is 2.76. The maximum atomic E-state index is 13.7. The lowest BCUT2D eigenvalue weighted by atomic mass is 10.1. The highest BCUT2D eigenvalue weighted by molar-refractivity contribution is 7.99. The molecule has 0 amide bonds. The fourth-order valence-corrected chi connectivity index (χ4v) is 5.10. The number of quaternary nitrogens is 1. The Kier molecular flexibility index (Phi) is 8.74. The monoisotopic (exact) mass is 512 g/mol. The second-order valence-corrected chi connectivity index (χ2v) is 10.3. The predicted octanol–water partition coefficient (Wildman–Crippen LogP) is 3.27. The van der Waals surface area contributed by atoms with E-state index >= 15 is 0 Å². The van der Waals surface area contributed by atoms with E-state index in [1.54, 1.807) is 17.8 Å². The van der Waals surface area contributed by atoms with Gasteiger partial charge in [0.25, 0.3) is 5.82 Å². The number of aliphatic hydroxyl groups excluding tert-OH is 1. The van der Waals surface area contributed by atoms with Crippen LogP contribution in [0.25, 0.3) is 0 Å². The molecule has 2 aromatic rings. The molecule has 0 saturated heterocycles. The van der Waals surface area contributed by atoms with Crippen LogP contribution < -0.4 is 16.4 Å². The molecule has 2 fully saturated rings. The highest BCUT2D eigenvalue weighted by atomic mass is 32.2. The van der Waals surface area contributed by atoms with Gasteiger partial charge in [-0.05, 0) is 37.0 Å². The third-order valence-electron chi connectivity index (χ3n) is 6.40. The summed E-state index contributed by atoms with van der Waals surface area (Å²) in [4.78, 5) is 9.31. The number of nitrogen functional groups attached to an aromatic ring is 1. The molecule has 1 heterocycles. The van der Waals surface area contributed by atoms with E-state index in [-0.39, 0.29) is 30.7 Å². The van der Waals surface area contributed by atoms with Gasteiger partial charge in [0.2, 0.25) is 0 Å². The molecule has 2 saturated carbocycles. The van der Waals surface area contributed by atoms with Crippen molar-refractivity contribution in [1.29, 1.82) is 0 Å². The average Bonchev–Trinajstić information content (AvgIpc) is 3.47. The standard InChI is InChI=1S/C24H32F3N5O2S/c1-2-7-35-24-31-22(29-15-4-5-16(9-15)34-12-14(25)11-33)21(28)23(32-24)30-20-10-17(20)13-3-6-18(26)19(27)8-13/h3,6,8,14-17,20,33H,2,4-5,7,9-12,28H2,1H3,(H2,29,30,31,32)/p+1/t14?,15-,16+,17-,20+/m0/s1. The molecule has 1 aromatic carbocycles. The Balaban J connectivity index is 1.43. The Morgan fingerprint density at radius 2 is 2.09 bits per heavy atom. The molecule has 7 nitrogen and oxygen atoms in total. The number of aromatic nitrogens is 2. The first-order valence-electron chi connectivity index (χ1n) is 12.1. The van der Waals surface area contributed by atoms with Crippen molar-refractivity contribution < 1.29 is 28.3 Å². The molecule has 5 atom stereocenters. The first kappa shape index (κ1) is 26.0. The Morgan fingerprint density at radius 1 is 1.26 bits per heavy atom. The number of nitrogens with zero attached hydrogens (tertiary/aromatic N) is 2. The Labute approximate surface area is 207 Å². The van der Waals surface area contributed by atoms with Gasteiger partial charge >= 0.3 is 0 Å². The number of ether oxygens (including phenoxy) is 1. The number of thioether (sulfide) groups is 1. The number of rotatable bonds is 12. The summed E-state index contributed by atoms with van der Waals surface area (Å²) in [6, 6.07) is 4.23. The molecule has 6 N–H and O–H groups in total. The molecule has 0 aliphatic heterocycles. The number of nitrogens with two attached hydrogens (primary N) is 2. The molecular formula is C24H33F3N5O2S+. The van der Waals surface area contributed by atoms with E-state index in [0.29, 0.717) is 22.5 Å². The molecule has 2 aliphatic rings. The van der Waals surface area contributed by atoms with Crippen molar-refractivity contribution in [3.8, 4) is 0 Å². The van der Waals surface area contributed by atoms with Crippen LogP contribution in [0, 0.1) is 11.6 Å². The SMILES string of the molecule is CCCSc1nc(N[C@@H]2C[C@H]2c2ccc(F)c(F)c2)c(N)c([NH2+][C@H]2CC[C@@H](OCC(F)CO)C2)n1. The molecule has 1 aromatic heterocycles.